The average molecular weight is 326 g/mol. The summed E-state index contributed by atoms with van der Waals surface area (Å²) in [4.78, 5) is 14.9. The van der Waals surface area contributed by atoms with Gasteiger partial charge in [0.15, 0.2) is 0 Å². The third-order valence-corrected chi connectivity index (χ3v) is 5.80. The molecule has 0 radical (unpaired) electrons. The molecule has 2 nitrogen and oxygen atoms in total. The van der Waals surface area contributed by atoms with Gasteiger partial charge in [-0.1, -0.05) is 56.5 Å². The fourth-order valence-electron chi connectivity index (χ4n) is 3.34. The molecule has 0 aromatic rings. The number of unbranched alkanes of at least 4 members (excludes halogenated alkanes) is 3. The smallest absolute Gasteiger partial charge is 0.282 e. The number of carbonyl (C=O) groups is 1. The van der Waals surface area contributed by atoms with E-state index in [1.807, 2.05) is 4.90 Å². The summed E-state index contributed by atoms with van der Waals surface area (Å²) in [6.45, 7) is 10.7. The van der Waals surface area contributed by atoms with E-state index in [4.69, 9.17) is 0 Å². The SMILES string of the molecule is CCCCCC[C@@]1(SC(=O)N(C(C)C)C(C)C)C=CCCC1. The molecule has 22 heavy (non-hydrogen) atoms. The fourth-order valence-corrected chi connectivity index (χ4v) is 4.87. The van der Waals surface area contributed by atoms with Gasteiger partial charge in [0.1, 0.15) is 0 Å². The number of thioether (sulfide) groups is 1. The van der Waals surface area contributed by atoms with E-state index in [9.17, 15) is 4.79 Å². The van der Waals surface area contributed by atoms with Crippen LogP contribution in [0.1, 0.15) is 86.0 Å². The van der Waals surface area contributed by atoms with Crippen molar-refractivity contribution in [2.24, 2.45) is 0 Å². The molecular weight excluding hydrogens is 290 g/mol. The highest BCUT2D eigenvalue weighted by Crippen LogP contribution is 2.42. The Balaban J connectivity index is 2.73. The highest BCUT2D eigenvalue weighted by atomic mass is 32.2. The maximum absolute atomic E-state index is 12.8. The second-order valence-electron chi connectivity index (χ2n) is 7.13. The van der Waals surface area contributed by atoms with Crippen molar-refractivity contribution in [1.29, 1.82) is 0 Å². The zero-order valence-electron chi connectivity index (χ0n) is 15.2. The third-order valence-electron chi connectivity index (χ3n) is 4.46. The zero-order chi connectivity index (χ0) is 16.6. The Hall–Kier alpha value is -0.440. The summed E-state index contributed by atoms with van der Waals surface area (Å²) in [5.74, 6) is 0. The Morgan fingerprint density at radius 1 is 1.18 bits per heavy atom. The van der Waals surface area contributed by atoms with E-state index < -0.39 is 0 Å². The maximum atomic E-state index is 12.8. The van der Waals surface area contributed by atoms with Crippen molar-refractivity contribution in [2.75, 3.05) is 0 Å². The molecule has 0 fully saturated rings. The van der Waals surface area contributed by atoms with Crippen LogP contribution in [0.4, 0.5) is 4.79 Å². The highest BCUT2D eigenvalue weighted by molar-refractivity contribution is 8.14. The molecule has 0 N–H and O–H groups in total. The number of hydrogen-bond donors (Lipinski definition) is 0. The molecule has 1 rings (SSSR count). The van der Waals surface area contributed by atoms with E-state index >= 15 is 0 Å². The lowest BCUT2D eigenvalue weighted by Crippen LogP contribution is -2.42. The van der Waals surface area contributed by atoms with E-state index in [2.05, 4.69) is 46.8 Å². The summed E-state index contributed by atoms with van der Waals surface area (Å²) in [6, 6.07) is 0.537. The Morgan fingerprint density at radius 3 is 2.36 bits per heavy atom. The van der Waals surface area contributed by atoms with Crippen molar-refractivity contribution in [3.05, 3.63) is 12.2 Å². The van der Waals surface area contributed by atoms with Crippen molar-refractivity contribution in [2.45, 2.75) is 103 Å². The van der Waals surface area contributed by atoms with Gasteiger partial charge in [0, 0.05) is 16.8 Å². The van der Waals surface area contributed by atoms with Crippen LogP contribution in [0.15, 0.2) is 12.2 Å². The summed E-state index contributed by atoms with van der Waals surface area (Å²) in [5, 5.41) is 0.257. The number of nitrogens with zero attached hydrogens (tertiary/aromatic N) is 1. The van der Waals surface area contributed by atoms with Crippen LogP contribution in [0.2, 0.25) is 0 Å². The van der Waals surface area contributed by atoms with Gasteiger partial charge in [0.05, 0.1) is 0 Å². The molecule has 0 saturated carbocycles. The molecule has 0 unspecified atom stereocenters. The van der Waals surface area contributed by atoms with Crippen LogP contribution in [0.3, 0.4) is 0 Å². The molecule has 3 heteroatoms. The molecule has 0 saturated heterocycles. The van der Waals surface area contributed by atoms with Gasteiger partial charge in [-0.25, -0.2) is 0 Å². The van der Waals surface area contributed by atoms with Crippen LogP contribution in [0.25, 0.3) is 0 Å². The van der Waals surface area contributed by atoms with Crippen molar-refractivity contribution in [1.82, 2.24) is 4.90 Å². The Kier molecular flexibility index (Phi) is 8.59. The van der Waals surface area contributed by atoms with E-state index in [1.165, 1.54) is 38.5 Å². The minimum Gasteiger partial charge on any atom is -0.329 e. The molecule has 0 bridgehead atoms. The molecule has 0 spiro atoms. The molecule has 0 aliphatic heterocycles. The monoisotopic (exact) mass is 325 g/mol. The van der Waals surface area contributed by atoms with E-state index in [0.29, 0.717) is 0 Å². The maximum Gasteiger partial charge on any atom is 0.282 e. The normalized spacial score (nSPS) is 21.6. The highest BCUT2D eigenvalue weighted by Gasteiger charge is 2.34. The summed E-state index contributed by atoms with van der Waals surface area (Å²) >= 11 is 1.59. The van der Waals surface area contributed by atoms with Crippen molar-refractivity contribution < 1.29 is 4.79 Å². The van der Waals surface area contributed by atoms with Gasteiger partial charge in [0.25, 0.3) is 5.24 Å². The van der Waals surface area contributed by atoms with Crippen molar-refractivity contribution >= 4 is 17.0 Å². The van der Waals surface area contributed by atoms with Gasteiger partial charge < -0.3 is 4.90 Å². The molecule has 128 valence electrons. The fraction of sp³-hybridized carbons (Fsp3) is 0.842. The lowest BCUT2D eigenvalue weighted by molar-refractivity contribution is 0.189. The molecule has 1 amide bonds. The minimum atomic E-state index is 0.0467. The van der Waals surface area contributed by atoms with Crippen LogP contribution >= 0.6 is 11.8 Å². The number of amides is 1. The van der Waals surface area contributed by atoms with Crippen molar-refractivity contribution in [3.63, 3.8) is 0 Å². The molecule has 0 aromatic heterocycles. The third kappa shape index (κ3) is 5.98. The van der Waals surface area contributed by atoms with Crippen LogP contribution in [-0.2, 0) is 0 Å². The first kappa shape index (κ1) is 19.6. The number of allylic oxidation sites excluding steroid dienone is 1. The number of carbonyl (C=O) groups excluding carboxylic acids is 1. The van der Waals surface area contributed by atoms with Gasteiger partial charge in [0.2, 0.25) is 0 Å². The predicted octanol–water partition coefficient (Wildman–Crippen LogP) is 6.41. The summed E-state index contributed by atoms with van der Waals surface area (Å²) in [6.07, 6.45) is 14.4. The first-order valence-electron chi connectivity index (χ1n) is 9.11. The molecule has 1 atom stereocenters. The summed E-state index contributed by atoms with van der Waals surface area (Å²) < 4.78 is 0.0467. The van der Waals surface area contributed by atoms with E-state index in [-0.39, 0.29) is 22.1 Å². The van der Waals surface area contributed by atoms with Gasteiger partial charge in [-0.15, -0.1) is 0 Å². The zero-order valence-corrected chi connectivity index (χ0v) is 16.0. The van der Waals surface area contributed by atoms with Gasteiger partial charge in [-0.3, -0.25) is 4.79 Å². The second-order valence-corrected chi connectivity index (χ2v) is 8.50. The first-order chi connectivity index (χ1) is 10.4. The molecular formula is C19H35NOS. The van der Waals surface area contributed by atoms with Gasteiger partial charge in [-0.05, 0) is 53.4 Å². The lowest BCUT2D eigenvalue weighted by atomic mass is 9.90. The van der Waals surface area contributed by atoms with Crippen molar-refractivity contribution in [3.8, 4) is 0 Å². The Labute approximate surface area is 142 Å². The summed E-state index contributed by atoms with van der Waals surface area (Å²) in [7, 11) is 0. The number of hydrogen-bond acceptors (Lipinski definition) is 2. The molecule has 0 aromatic carbocycles. The lowest BCUT2D eigenvalue weighted by Gasteiger charge is -2.37. The standard InChI is InChI=1S/C19H35NOS/c1-6-7-8-10-13-19(14-11-9-12-15-19)22-18(21)20(16(2)3)17(4)5/h11,14,16-17H,6-10,12-13,15H2,1-5H3/t19-/m1/s1. The molecule has 1 aliphatic carbocycles. The Morgan fingerprint density at radius 2 is 1.86 bits per heavy atom. The van der Waals surface area contributed by atoms with E-state index in [1.54, 1.807) is 11.8 Å². The quantitative estimate of drug-likeness (QED) is 0.380. The van der Waals surface area contributed by atoms with Crippen LogP contribution in [-0.4, -0.2) is 27.0 Å². The van der Waals surface area contributed by atoms with Crippen LogP contribution in [0.5, 0.6) is 0 Å². The van der Waals surface area contributed by atoms with Gasteiger partial charge >= 0.3 is 0 Å². The number of rotatable bonds is 8. The van der Waals surface area contributed by atoms with Crippen LogP contribution in [0, 0.1) is 0 Å². The largest absolute Gasteiger partial charge is 0.329 e. The molecule has 1 aliphatic rings. The van der Waals surface area contributed by atoms with Crippen LogP contribution < -0.4 is 0 Å². The second kappa shape index (κ2) is 9.64. The topological polar surface area (TPSA) is 20.3 Å². The first-order valence-corrected chi connectivity index (χ1v) is 9.92. The molecule has 0 heterocycles. The van der Waals surface area contributed by atoms with E-state index in [0.717, 1.165) is 12.8 Å². The minimum absolute atomic E-state index is 0.0467. The predicted molar refractivity (Wildman–Crippen MR) is 99.6 cm³/mol. The van der Waals surface area contributed by atoms with Gasteiger partial charge in [-0.2, -0.15) is 0 Å². The average Bonchev–Trinajstić information content (AvgIpc) is 2.43. The summed E-state index contributed by atoms with van der Waals surface area (Å²) in [5.41, 5.74) is 0. The Bertz CT molecular complexity index is 356.